The summed E-state index contributed by atoms with van der Waals surface area (Å²) in [4.78, 5) is 14.1. The first-order valence-electron chi connectivity index (χ1n) is 9.13. The average Bonchev–Trinajstić information content (AvgIpc) is 2.50. The van der Waals surface area contributed by atoms with Crippen LogP contribution in [0.2, 0.25) is 0 Å². The molecule has 0 spiro atoms. The number of nitrogens with zero attached hydrogens (tertiary/aromatic N) is 1. The van der Waals surface area contributed by atoms with Crippen molar-refractivity contribution in [2.45, 2.75) is 85.0 Å². The number of carbonyl (C=O) groups is 1. The van der Waals surface area contributed by atoms with Gasteiger partial charge in [-0.15, -0.1) is 0 Å². The summed E-state index contributed by atoms with van der Waals surface area (Å²) in [6, 6.07) is 0. The molecule has 0 fully saturated rings. The summed E-state index contributed by atoms with van der Waals surface area (Å²) in [5.41, 5.74) is 5.64. The fourth-order valence-electron chi connectivity index (χ4n) is 2.60. The van der Waals surface area contributed by atoms with Gasteiger partial charge in [-0.1, -0.05) is 65.2 Å². The van der Waals surface area contributed by atoms with E-state index in [1.165, 1.54) is 51.4 Å². The van der Waals surface area contributed by atoms with Gasteiger partial charge in [-0.2, -0.15) is 0 Å². The van der Waals surface area contributed by atoms with Crippen molar-refractivity contribution >= 4 is 5.91 Å². The molecule has 0 rings (SSSR count). The van der Waals surface area contributed by atoms with Gasteiger partial charge < -0.3 is 10.6 Å². The highest BCUT2D eigenvalue weighted by atomic mass is 16.2. The molecule has 0 radical (unpaired) electrons. The monoisotopic (exact) mass is 298 g/mol. The Hall–Kier alpha value is -0.570. The molecule has 0 bridgehead atoms. The lowest BCUT2D eigenvalue weighted by molar-refractivity contribution is -0.131. The van der Waals surface area contributed by atoms with E-state index in [9.17, 15) is 4.79 Å². The van der Waals surface area contributed by atoms with E-state index in [1.807, 2.05) is 4.90 Å². The maximum atomic E-state index is 12.1. The van der Waals surface area contributed by atoms with Gasteiger partial charge in [-0.25, -0.2) is 0 Å². The minimum absolute atomic E-state index is 0.306. The van der Waals surface area contributed by atoms with E-state index in [2.05, 4.69) is 20.8 Å². The molecule has 0 aliphatic carbocycles. The summed E-state index contributed by atoms with van der Waals surface area (Å²) in [7, 11) is 0. The molecule has 1 amide bonds. The van der Waals surface area contributed by atoms with Gasteiger partial charge in [0.2, 0.25) is 5.91 Å². The third kappa shape index (κ3) is 11.7. The number of amides is 1. The largest absolute Gasteiger partial charge is 0.343 e. The minimum atomic E-state index is 0.306. The SMILES string of the molecule is CCCCCCCCCCCC(=O)N(CC)CC(C)CN. The highest BCUT2D eigenvalue weighted by Gasteiger charge is 2.13. The predicted octanol–water partition coefficient (Wildman–Crippen LogP) is 4.35. The summed E-state index contributed by atoms with van der Waals surface area (Å²) in [6.07, 6.45) is 12.4. The standard InChI is InChI=1S/C18H38N2O/c1-4-6-7-8-9-10-11-12-13-14-18(21)20(5-2)16-17(3)15-19/h17H,4-16,19H2,1-3H3. The summed E-state index contributed by atoms with van der Waals surface area (Å²) in [5, 5.41) is 0. The zero-order valence-electron chi connectivity index (χ0n) is 14.7. The van der Waals surface area contributed by atoms with E-state index in [1.54, 1.807) is 0 Å². The van der Waals surface area contributed by atoms with Crippen LogP contribution in [0.25, 0.3) is 0 Å². The molecule has 0 saturated heterocycles. The van der Waals surface area contributed by atoms with Crippen LogP contribution in [0.1, 0.15) is 85.0 Å². The Labute approximate surface area is 132 Å². The van der Waals surface area contributed by atoms with Gasteiger partial charge in [-0.05, 0) is 25.8 Å². The summed E-state index contributed by atoms with van der Waals surface area (Å²) < 4.78 is 0. The van der Waals surface area contributed by atoms with Gasteiger partial charge in [0.1, 0.15) is 0 Å². The molecule has 0 aromatic carbocycles. The van der Waals surface area contributed by atoms with E-state index in [0.717, 1.165) is 19.5 Å². The highest BCUT2D eigenvalue weighted by molar-refractivity contribution is 5.76. The Morgan fingerprint density at radius 2 is 1.48 bits per heavy atom. The maximum Gasteiger partial charge on any atom is 0.222 e. The topological polar surface area (TPSA) is 46.3 Å². The van der Waals surface area contributed by atoms with Crippen LogP contribution in [0.3, 0.4) is 0 Å². The Kier molecular flexibility index (Phi) is 14.0. The first-order valence-corrected chi connectivity index (χ1v) is 9.13. The second-order valence-corrected chi connectivity index (χ2v) is 6.35. The first-order chi connectivity index (χ1) is 10.2. The molecule has 0 aliphatic rings. The quantitative estimate of drug-likeness (QED) is 0.485. The van der Waals surface area contributed by atoms with E-state index in [0.29, 0.717) is 24.8 Å². The van der Waals surface area contributed by atoms with Crippen LogP contribution in [0.15, 0.2) is 0 Å². The van der Waals surface area contributed by atoms with E-state index in [-0.39, 0.29) is 0 Å². The molecule has 126 valence electrons. The van der Waals surface area contributed by atoms with E-state index >= 15 is 0 Å². The number of hydrogen-bond acceptors (Lipinski definition) is 2. The van der Waals surface area contributed by atoms with Gasteiger partial charge in [0.25, 0.3) is 0 Å². The molecular formula is C18H38N2O. The lowest BCUT2D eigenvalue weighted by Crippen LogP contribution is -2.36. The Bertz CT molecular complexity index is 243. The molecule has 0 aliphatic heterocycles. The molecule has 0 saturated carbocycles. The summed E-state index contributed by atoms with van der Waals surface area (Å²) in [5.74, 6) is 0.706. The smallest absolute Gasteiger partial charge is 0.222 e. The van der Waals surface area contributed by atoms with Crippen molar-refractivity contribution in [3.8, 4) is 0 Å². The molecule has 0 heterocycles. The molecule has 0 aromatic rings. The molecular weight excluding hydrogens is 260 g/mol. The number of nitrogens with two attached hydrogens (primary N) is 1. The van der Waals surface area contributed by atoms with Gasteiger partial charge >= 0.3 is 0 Å². The number of carbonyl (C=O) groups excluding carboxylic acids is 1. The van der Waals surface area contributed by atoms with Crippen LogP contribution in [0.4, 0.5) is 0 Å². The van der Waals surface area contributed by atoms with E-state index < -0.39 is 0 Å². The second kappa shape index (κ2) is 14.4. The van der Waals surface area contributed by atoms with Crippen molar-refractivity contribution in [2.75, 3.05) is 19.6 Å². The van der Waals surface area contributed by atoms with Crippen LogP contribution in [-0.2, 0) is 4.79 Å². The fraction of sp³-hybridized carbons (Fsp3) is 0.944. The molecule has 1 atom stereocenters. The molecule has 3 heteroatoms. The molecule has 3 nitrogen and oxygen atoms in total. The third-order valence-electron chi connectivity index (χ3n) is 4.16. The molecule has 21 heavy (non-hydrogen) atoms. The van der Waals surface area contributed by atoms with Gasteiger partial charge in [0, 0.05) is 19.5 Å². The van der Waals surface area contributed by atoms with Crippen LogP contribution >= 0.6 is 0 Å². The van der Waals surface area contributed by atoms with Crippen LogP contribution in [-0.4, -0.2) is 30.4 Å². The third-order valence-corrected chi connectivity index (χ3v) is 4.16. The van der Waals surface area contributed by atoms with Crippen molar-refractivity contribution in [2.24, 2.45) is 11.7 Å². The van der Waals surface area contributed by atoms with Crippen LogP contribution in [0.5, 0.6) is 0 Å². The van der Waals surface area contributed by atoms with Gasteiger partial charge in [-0.3, -0.25) is 4.79 Å². The summed E-state index contributed by atoms with van der Waals surface area (Å²) >= 11 is 0. The van der Waals surface area contributed by atoms with Crippen molar-refractivity contribution in [1.82, 2.24) is 4.90 Å². The Morgan fingerprint density at radius 1 is 0.952 bits per heavy atom. The number of rotatable bonds is 14. The van der Waals surface area contributed by atoms with E-state index in [4.69, 9.17) is 5.73 Å². The Morgan fingerprint density at radius 3 is 1.95 bits per heavy atom. The minimum Gasteiger partial charge on any atom is -0.343 e. The molecule has 1 unspecified atom stereocenters. The van der Waals surface area contributed by atoms with Gasteiger partial charge in [0.15, 0.2) is 0 Å². The number of hydrogen-bond donors (Lipinski definition) is 1. The lowest BCUT2D eigenvalue weighted by atomic mass is 10.1. The summed E-state index contributed by atoms with van der Waals surface area (Å²) in [6.45, 7) is 8.68. The van der Waals surface area contributed by atoms with Gasteiger partial charge in [0.05, 0.1) is 0 Å². The van der Waals surface area contributed by atoms with Crippen molar-refractivity contribution < 1.29 is 4.79 Å². The maximum absolute atomic E-state index is 12.1. The molecule has 2 N–H and O–H groups in total. The first kappa shape index (κ1) is 20.4. The molecule has 0 aromatic heterocycles. The van der Waals surface area contributed by atoms with Crippen LogP contribution < -0.4 is 5.73 Å². The normalized spacial score (nSPS) is 12.4. The fourth-order valence-corrected chi connectivity index (χ4v) is 2.60. The van der Waals surface area contributed by atoms with Crippen molar-refractivity contribution in [3.63, 3.8) is 0 Å². The van der Waals surface area contributed by atoms with Crippen LogP contribution in [0, 0.1) is 5.92 Å². The second-order valence-electron chi connectivity index (χ2n) is 6.35. The predicted molar refractivity (Wildman–Crippen MR) is 92.3 cm³/mol. The van der Waals surface area contributed by atoms with Crippen molar-refractivity contribution in [1.29, 1.82) is 0 Å². The van der Waals surface area contributed by atoms with Crippen molar-refractivity contribution in [3.05, 3.63) is 0 Å². The lowest BCUT2D eigenvalue weighted by Gasteiger charge is -2.24. The average molecular weight is 299 g/mol. The highest BCUT2D eigenvalue weighted by Crippen LogP contribution is 2.11. The number of unbranched alkanes of at least 4 members (excludes halogenated alkanes) is 8. The zero-order chi connectivity index (χ0) is 15.9. The Balaban J connectivity index is 3.55. The zero-order valence-corrected chi connectivity index (χ0v) is 14.7.